The van der Waals surface area contributed by atoms with E-state index in [9.17, 15) is 8.42 Å². The van der Waals surface area contributed by atoms with E-state index in [0.717, 1.165) is 0 Å². The minimum absolute atomic E-state index is 3.18. The van der Waals surface area contributed by atoms with Gasteiger partial charge in [-0.25, -0.2) is 0 Å². The first-order valence-corrected chi connectivity index (χ1v) is 2.70. The average molecular weight is 148 g/mol. The first-order valence-electron chi connectivity index (χ1n) is 1.06. The minimum atomic E-state index is -4.11. The Hall–Kier alpha value is 0.120. The second-order valence-corrected chi connectivity index (χ2v) is 2.08. The van der Waals surface area contributed by atoms with Crippen molar-refractivity contribution in [3.63, 3.8) is 0 Å². The molecule has 2 N–H and O–H groups in total. The van der Waals surface area contributed by atoms with Crippen molar-refractivity contribution in [1.29, 1.82) is 0 Å². The van der Waals surface area contributed by atoms with E-state index in [-0.39, 0.29) is 0 Å². The maximum atomic E-state index is 9.67. The van der Waals surface area contributed by atoms with Crippen LogP contribution in [0.15, 0.2) is 0 Å². The van der Waals surface area contributed by atoms with Crippen LogP contribution in [0.1, 0.15) is 0 Å². The highest BCUT2D eigenvalue weighted by Crippen LogP contribution is 1.92. The van der Waals surface area contributed by atoms with E-state index in [0.29, 0.717) is 0 Å². The van der Waals surface area contributed by atoms with Crippen LogP contribution in [0.25, 0.3) is 0 Å². The number of nitrogens with two attached hydrogens (primary N) is 1. The van der Waals surface area contributed by atoms with Crippen LogP contribution >= 0.6 is 11.9 Å². The van der Waals surface area contributed by atoms with Gasteiger partial charge in [-0.3, -0.25) is 0 Å². The molecule has 0 saturated carbocycles. The highest BCUT2D eigenvalue weighted by molar-refractivity contribution is 7.82. The van der Waals surface area contributed by atoms with E-state index in [1.807, 2.05) is 0 Å². The van der Waals surface area contributed by atoms with Crippen LogP contribution in [0, 0.1) is 0 Å². The van der Waals surface area contributed by atoms with Gasteiger partial charge in [0.05, 0.1) is 11.9 Å². The molecular weight excluding hydrogens is 146 g/mol. The maximum Gasteiger partial charge on any atom is 0.432 e. The lowest BCUT2D eigenvalue weighted by Crippen LogP contribution is -2.09. The van der Waals surface area contributed by atoms with Crippen LogP contribution < -0.4 is 5.90 Å². The zero-order valence-electron chi connectivity index (χ0n) is 3.00. The third-order valence-corrected chi connectivity index (χ3v) is 1.05. The van der Waals surface area contributed by atoms with Gasteiger partial charge in [0.2, 0.25) is 0 Å². The summed E-state index contributed by atoms with van der Waals surface area (Å²) in [5.41, 5.74) is 0. The second-order valence-electron chi connectivity index (χ2n) is 0.567. The van der Waals surface area contributed by atoms with Crippen LogP contribution in [0.4, 0.5) is 0 Å². The number of rotatable bonds is 2. The van der Waals surface area contributed by atoms with Crippen molar-refractivity contribution >= 4 is 22.3 Å². The van der Waals surface area contributed by atoms with Crippen LogP contribution in [-0.2, 0) is 18.4 Å². The van der Waals surface area contributed by atoms with Gasteiger partial charge >= 0.3 is 10.4 Å². The minimum Gasteiger partial charge on any atom is -0.196 e. The van der Waals surface area contributed by atoms with Gasteiger partial charge < -0.3 is 0 Å². The van der Waals surface area contributed by atoms with Crippen molar-refractivity contribution in [1.82, 2.24) is 0 Å². The van der Waals surface area contributed by atoms with Gasteiger partial charge in [0.1, 0.15) is 0 Å². The monoisotopic (exact) mass is 147 g/mol. The van der Waals surface area contributed by atoms with E-state index in [1.165, 1.54) is 0 Å². The smallest absolute Gasteiger partial charge is 0.196 e. The molecular formula is H2ClNO4S. The molecule has 0 aromatic carbocycles. The number of hydrogen-bond donors (Lipinski definition) is 1. The molecule has 0 aliphatic heterocycles. The Morgan fingerprint density at radius 2 is 2.00 bits per heavy atom. The Morgan fingerprint density at radius 1 is 1.57 bits per heavy atom. The van der Waals surface area contributed by atoms with E-state index in [4.69, 9.17) is 0 Å². The molecule has 0 rings (SSSR count). The fraction of sp³-hybridized carbons (Fsp3) is 0. The molecule has 0 aliphatic rings. The van der Waals surface area contributed by atoms with E-state index >= 15 is 0 Å². The van der Waals surface area contributed by atoms with Crippen LogP contribution in [0.3, 0.4) is 0 Å². The molecule has 0 spiro atoms. The summed E-state index contributed by atoms with van der Waals surface area (Å²) in [5, 5.41) is 0. The van der Waals surface area contributed by atoms with Gasteiger partial charge in [-0.1, -0.05) is 0 Å². The quantitative estimate of drug-likeness (QED) is 0.522. The summed E-state index contributed by atoms with van der Waals surface area (Å²) in [6.07, 6.45) is 0. The van der Waals surface area contributed by atoms with Crippen molar-refractivity contribution in [3.8, 4) is 0 Å². The lowest BCUT2D eigenvalue weighted by Gasteiger charge is -1.87. The first kappa shape index (κ1) is 7.12. The summed E-state index contributed by atoms with van der Waals surface area (Å²) in [6, 6.07) is 0. The van der Waals surface area contributed by atoms with Crippen molar-refractivity contribution in [3.05, 3.63) is 0 Å². The fourth-order valence-corrected chi connectivity index (χ4v) is 0.134. The molecule has 0 fully saturated rings. The Kier molecular flexibility index (Phi) is 2.47. The Balaban J connectivity index is 3.89. The fourth-order valence-electron chi connectivity index (χ4n) is 0.0148. The third kappa shape index (κ3) is 2.77. The summed E-state index contributed by atoms with van der Waals surface area (Å²) in [4.78, 5) is 0. The van der Waals surface area contributed by atoms with Gasteiger partial charge in [0, 0.05) is 0 Å². The Labute approximate surface area is 45.4 Å². The number of hydrogen-bond acceptors (Lipinski definition) is 5. The lowest BCUT2D eigenvalue weighted by atomic mass is 13.6. The molecule has 0 aromatic heterocycles. The van der Waals surface area contributed by atoms with E-state index in [2.05, 4.69) is 25.8 Å². The summed E-state index contributed by atoms with van der Waals surface area (Å²) in [6.45, 7) is 0. The molecule has 5 nitrogen and oxygen atoms in total. The van der Waals surface area contributed by atoms with Gasteiger partial charge in [-0.15, -0.1) is 3.74 Å². The summed E-state index contributed by atoms with van der Waals surface area (Å²) in [7, 11) is -4.11. The van der Waals surface area contributed by atoms with Gasteiger partial charge in [0.25, 0.3) is 0 Å². The molecule has 7 heavy (non-hydrogen) atoms. The summed E-state index contributed by atoms with van der Waals surface area (Å²) >= 11 is 4.30. The van der Waals surface area contributed by atoms with Crippen molar-refractivity contribution < 1.29 is 16.4 Å². The molecule has 0 heterocycles. The zero-order chi connectivity index (χ0) is 5.91. The van der Waals surface area contributed by atoms with Crippen LogP contribution in [0.5, 0.6) is 0 Å². The largest absolute Gasteiger partial charge is 0.432 e. The molecule has 0 unspecified atom stereocenters. The molecule has 0 saturated heterocycles. The first-order chi connectivity index (χ1) is 3.12. The normalized spacial score (nSPS) is 11.7. The van der Waals surface area contributed by atoms with Crippen molar-refractivity contribution in [2.45, 2.75) is 0 Å². The highest BCUT2D eigenvalue weighted by atomic mass is 35.5. The molecule has 0 aromatic rings. The molecule has 7 heteroatoms. The predicted molar refractivity (Wildman–Crippen MR) is 21.1 cm³/mol. The molecule has 0 aliphatic carbocycles. The average Bonchev–Trinajstić information content (AvgIpc) is 1.68. The molecule has 0 bridgehead atoms. The van der Waals surface area contributed by atoms with Crippen molar-refractivity contribution in [2.75, 3.05) is 0 Å². The topological polar surface area (TPSA) is 78.6 Å². The molecule has 0 atom stereocenters. The lowest BCUT2D eigenvalue weighted by molar-refractivity contribution is 0.288. The summed E-state index contributed by atoms with van der Waals surface area (Å²) in [5.74, 6) is 4.12. The molecule has 44 valence electrons. The third-order valence-electron chi connectivity index (χ3n) is 0.195. The number of halogens is 1. The van der Waals surface area contributed by atoms with Gasteiger partial charge in [-0.2, -0.15) is 18.6 Å². The van der Waals surface area contributed by atoms with Gasteiger partial charge in [-0.05, 0) is 0 Å². The van der Waals surface area contributed by atoms with Gasteiger partial charge in [0.15, 0.2) is 0 Å². The molecule has 0 radical (unpaired) electrons. The maximum absolute atomic E-state index is 9.67. The van der Waals surface area contributed by atoms with E-state index < -0.39 is 10.4 Å². The van der Waals surface area contributed by atoms with E-state index in [1.54, 1.807) is 0 Å². The standard InChI is InChI=1S/ClH2NO4S/c1-5-7(3,4)6-2/h2H2. The highest BCUT2D eigenvalue weighted by Gasteiger charge is 2.05. The summed E-state index contributed by atoms with van der Waals surface area (Å²) < 4.78 is 25.7. The van der Waals surface area contributed by atoms with Crippen LogP contribution in [0.2, 0.25) is 0 Å². The Bertz CT molecular complexity index is 115. The SMILES string of the molecule is NOS(=O)(=O)OCl. The zero-order valence-corrected chi connectivity index (χ0v) is 4.57. The second kappa shape index (κ2) is 2.43. The predicted octanol–water partition coefficient (Wildman–Crippen LogP) is -0.708. The molecule has 0 amide bonds. The van der Waals surface area contributed by atoms with Crippen molar-refractivity contribution in [2.24, 2.45) is 5.90 Å². The Morgan fingerprint density at radius 3 is 2.00 bits per heavy atom. The van der Waals surface area contributed by atoms with Crippen LogP contribution in [-0.4, -0.2) is 8.42 Å².